The van der Waals surface area contributed by atoms with Crippen molar-refractivity contribution >= 4 is 28.2 Å². The first kappa shape index (κ1) is 17.3. The minimum absolute atomic E-state index is 0.00780. The van der Waals surface area contributed by atoms with E-state index in [0.717, 1.165) is 37.7 Å². The number of esters is 1. The molecule has 26 heavy (non-hydrogen) atoms. The number of anilines is 1. The third kappa shape index (κ3) is 3.28. The molecule has 0 bridgehead atoms. The molecule has 2 aliphatic carbocycles. The molecule has 1 aromatic heterocycles. The summed E-state index contributed by atoms with van der Waals surface area (Å²) in [5.41, 5.74) is 2.89. The standard InChI is InChI=1S/C21H23NO3S/c1-2-25-21(24)18-14-10-6-7-11-17(14)26-20(18)22-19(23)16-12-15(16)13-8-4-3-5-9-13/h3-5,8-9,15-16H,2,6-7,10-12H2,1H3,(H,22,23)/t15-,16-/m1/s1. The topological polar surface area (TPSA) is 55.4 Å². The summed E-state index contributed by atoms with van der Waals surface area (Å²) in [5, 5.41) is 3.73. The highest BCUT2D eigenvalue weighted by molar-refractivity contribution is 7.17. The van der Waals surface area contributed by atoms with Gasteiger partial charge in [-0.15, -0.1) is 11.3 Å². The third-order valence-corrected chi connectivity index (χ3v) is 6.45. The summed E-state index contributed by atoms with van der Waals surface area (Å²) < 4.78 is 5.26. The summed E-state index contributed by atoms with van der Waals surface area (Å²) in [7, 11) is 0. The second-order valence-corrected chi connectivity index (χ2v) is 8.09. The monoisotopic (exact) mass is 369 g/mol. The predicted molar refractivity (Wildman–Crippen MR) is 103 cm³/mol. The Morgan fingerprint density at radius 2 is 1.96 bits per heavy atom. The van der Waals surface area contributed by atoms with Crippen molar-refractivity contribution in [2.75, 3.05) is 11.9 Å². The fourth-order valence-electron chi connectivity index (χ4n) is 3.83. The largest absolute Gasteiger partial charge is 0.462 e. The van der Waals surface area contributed by atoms with Crippen LogP contribution in [-0.4, -0.2) is 18.5 Å². The molecule has 5 heteroatoms. The number of amides is 1. The van der Waals surface area contributed by atoms with Crippen molar-refractivity contribution < 1.29 is 14.3 Å². The van der Waals surface area contributed by atoms with E-state index in [1.165, 1.54) is 10.4 Å². The molecule has 1 saturated carbocycles. The Bertz CT molecular complexity index is 827. The van der Waals surface area contributed by atoms with E-state index in [2.05, 4.69) is 17.4 Å². The summed E-state index contributed by atoms with van der Waals surface area (Å²) in [5.74, 6) is -0.0102. The molecule has 0 aliphatic heterocycles. The Labute approximate surface area is 157 Å². The van der Waals surface area contributed by atoms with Crippen molar-refractivity contribution in [3.63, 3.8) is 0 Å². The second kappa shape index (κ2) is 7.23. The molecule has 0 saturated heterocycles. The average molecular weight is 369 g/mol. The molecule has 4 nitrogen and oxygen atoms in total. The maximum Gasteiger partial charge on any atom is 0.341 e. The van der Waals surface area contributed by atoms with E-state index in [0.29, 0.717) is 17.2 Å². The number of carbonyl (C=O) groups is 2. The highest BCUT2D eigenvalue weighted by Gasteiger charge is 2.44. The number of fused-ring (bicyclic) bond motifs is 1. The van der Waals surface area contributed by atoms with E-state index in [9.17, 15) is 9.59 Å². The lowest BCUT2D eigenvalue weighted by Crippen LogP contribution is -2.17. The molecule has 0 unspecified atom stereocenters. The van der Waals surface area contributed by atoms with Gasteiger partial charge in [0.2, 0.25) is 5.91 Å². The van der Waals surface area contributed by atoms with Crippen molar-refractivity contribution in [1.82, 2.24) is 0 Å². The summed E-state index contributed by atoms with van der Waals surface area (Å²) in [6.45, 7) is 2.15. The van der Waals surface area contributed by atoms with Gasteiger partial charge in [-0.25, -0.2) is 4.79 Å². The molecule has 4 rings (SSSR count). The maximum absolute atomic E-state index is 12.7. The molecular weight excluding hydrogens is 346 g/mol. The number of carbonyl (C=O) groups excluding carboxylic acids is 2. The first-order chi connectivity index (χ1) is 12.7. The van der Waals surface area contributed by atoms with Crippen molar-refractivity contribution in [2.45, 2.75) is 44.9 Å². The molecule has 0 radical (unpaired) electrons. The lowest BCUT2D eigenvalue weighted by Gasteiger charge is -2.12. The molecule has 0 spiro atoms. The average Bonchev–Trinajstić information content (AvgIpc) is 3.38. The molecular formula is C21H23NO3S. The summed E-state index contributed by atoms with van der Waals surface area (Å²) >= 11 is 1.55. The molecule has 136 valence electrons. The van der Waals surface area contributed by atoms with Crippen LogP contribution in [0.15, 0.2) is 30.3 Å². The van der Waals surface area contributed by atoms with Crippen LogP contribution in [0.2, 0.25) is 0 Å². The minimum Gasteiger partial charge on any atom is -0.462 e. The number of rotatable bonds is 5. The van der Waals surface area contributed by atoms with Crippen LogP contribution in [0.4, 0.5) is 5.00 Å². The Balaban J connectivity index is 1.54. The number of hydrogen-bond donors (Lipinski definition) is 1. The van der Waals surface area contributed by atoms with Gasteiger partial charge in [0.15, 0.2) is 0 Å². The molecule has 1 aromatic carbocycles. The van der Waals surface area contributed by atoms with E-state index in [1.54, 1.807) is 11.3 Å². The van der Waals surface area contributed by atoms with E-state index in [-0.39, 0.29) is 23.7 Å². The normalized spacial score (nSPS) is 21.0. The van der Waals surface area contributed by atoms with Gasteiger partial charge in [0.1, 0.15) is 5.00 Å². The number of benzene rings is 1. The Hall–Kier alpha value is -2.14. The molecule has 1 fully saturated rings. The van der Waals surface area contributed by atoms with E-state index in [1.807, 2.05) is 25.1 Å². The molecule has 2 aromatic rings. The summed E-state index contributed by atoms with van der Waals surface area (Å²) in [6.07, 6.45) is 4.98. The number of hydrogen-bond acceptors (Lipinski definition) is 4. The number of thiophene rings is 1. The van der Waals surface area contributed by atoms with Crippen LogP contribution in [0.25, 0.3) is 0 Å². The first-order valence-electron chi connectivity index (χ1n) is 9.36. The van der Waals surface area contributed by atoms with Gasteiger partial charge < -0.3 is 10.1 Å². The Morgan fingerprint density at radius 3 is 2.73 bits per heavy atom. The quantitative estimate of drug-likeness (QED) is 0.787. The fourth-order valence-corrected chi connectivity index (χ4v) is 5.11. The zero-order valence-corrected chi connectivity index (χ0v) is 15.7. The van der Waals surface area contributed by atoms with Crippen molar-refractivity contribution in [3.05, 3.63) is 51.9 Å². The van der Waals surface area contributed by atoms with Crippen LogP contribution in [0, 0.1) is 5.92 Å². The van der Waals surface area contributed by atoms with Gasteiger partial charge in [-0.05, 0) is 56.1 Å². The van der Waals surface area contributed by atoms with Crippen LogP contribution in [0.5, 0.6) is 0 Å². The smallest absolute Gasteiger partial charge is 0.341 e. The Kier molecular flexibility index (Phi) is 4.81. The van der Waals surface area contributed by atoms with Gasteiger partial charge >= 0.3 is 5.97 Å². The van der Waals surface area contributed by atoms with E-state index in [4.69, 9.17) is 4.74 Å². The van der Waals surface area contributed by atoms with Gasteiger partial charge in [0, 0.05) is 10.8 Å². The molecule has 2 aliphatic rings. The zero-order chi connectivity index (χ0) is 18.1. The summed E-state index contributed by atoms with van der Waals surface area (Å²) in [4.78, 5) is 26.5. The van der Waals surface area contributed by atoms with Gasteiger partial charge in [-0.1, -0.05) is 30.3 Å². The van der Waals surface area contributed by atoms with E-state index < -0.39 is 0 Å². The van der Waals surface area contributed by atoms with Crippen LogP contribution in [0.1, 0.15) is 58.5 Å². The third-order valence-electron chi connectivity index (χ3n) is 5.24. The van der Waals surface area contributed by atoms with Crippen molar-refractivity contribution in [1.29, 1.82) is 0 Å². The molecule has 2 atom stereocenters. The highest BCUT2D eigenvalue weighted by Crippen LogP contribution is 2.48. The lowest BCUT2D eigenvalue weighted by molar-refractivity contribution is -0.117. The summed E-state index contributed by atoms with van der Waals surface area (Å²) in [6, 6.07) is 10.2. The lowest BCUT2D eigenvalue weighted by atomic mass is 9.95. The van der Waals surface area contributed by atoms with Crippen LogP contribution in [0.3, 0.4) is 0 Å². The second-order valence-electron chi connectivity index (χ2n) is 6.98. The number of nitrogens with one attached hydrogen (secondary N) is 1. The van der Waals surface area contributed by atoms with Gasteiger partial charge in [-0.2, -0.15) is 0 Å². The molecule has 1 heterocycles. The van der Waals surface area contributed by atoms with Crippen LogP contribution < -0.4 is 5.32 Å². The number of ether oxygens (including phenoxy) is 1. The fraction of sp³-hybridized carbons (Fsp3) is 0.429. The SMILES string of the molecule is CCOC(=O)c1c(NC(=O)[C@@H]2C[C@@H]2c2ccccc2)sc2c1CCCC2. The molecule has 1 amide bonds. The van der Waals surface area contributed by atoms with Gasteiger partial charge in [0.05, 0.1) is 12.2 Å². The van der Waals surface area contributed by atoms with E-state index >= 15 is 0 Å². The van der Waals surface area contributed by atoms with Gasteiger partial charge in [-0.3, -0.25) is 4.79 Å². The minimum atomic E-state index is -0.308. The molecule has 1 N–H and O–H groups in total. The zero-order valence-electron chi connectivity index (χ0n) is 14.9. The first-order valence-corrected chi connectivity index (χ1v) is 10.2. The van der Waals surface area contributed by atoms with Crippen molar-refractivity contribution in [3.8, 4) is 0 Å². The van der Waals surface area contributed by atoms with Crippen LogP contribution in [-0.2, 0) is 22.4 Å². The van der Waals surface area contributed by atoms with Crippen molar-refractivity contribution in [2.24, 2.45) is 5.92 Å². The van der Waals surface area contributed by atoms with Crippen LogP contribution >= 0.6 is 11.3 Å². The maximum atomic E-state index is 12.7. The number of aryl methyl sites for hydroxylation is 1. The predicted octanol–water partition coefficient (Wildman–Crippen LogP) is 4.55. The highest BCUT2D eigenvalue weighted by atomic mass is 32.1. The Morgan fingerprint density at radius 1 is 1.19 bits per heavy atom. The van der Waals surface area contributed by atoms with Gasteiger partial charge in [0.25, 0.3) is 0 Å².